The molecule has 2 rings (SSSR count). The maximum absolute atomic E-state index is 14.1. The summed E-state index contributed by atoms with van der Waals surface area (Å²) in [6.07, 6.45) is 1.01. The van der Waals surface area contributed by atoms with E-state index in [1.807, 2.05) is 6.07 Å². The van der Waals surface area contributed by atoms with Gasteiger partial charge in [0.2, 0.25) is 0 Å². The lowest BCUT2D eigenvalue weighted by molar-refractivity contribution is -0.0513. The zero-order chi connectivity index (χ0) is 16.2. The summed E-state index contributed by atoms with van der Waals surface area (Å²) in [5.74, 6) is -3.52. The van der Waals surface area contributed by atoms with Crippen molar-refractivity contribution in [3.63, 3.8) is 0 Å². The lowest BCUT2D eigenvalue weighted by Crippen LogP contribution is -2.21. The number of anilines is 1. The van der Waals surface area contributed by atoms with Gasteiger partial charge in [0.25, 0.3) is 5.92 Å². The number of benzene rings is 2. The summed E-state index contributed by atoms with van der Waals surface area (Å²) in [7, 11) is 0. The monoisotopic (exact) mass is 303 g/mol. The summed E-state index contributed by atoms with van der Waals surface area (Å²) >= 11 is 0. The molecule has 0 heterocycles. The maximum atomic E-state index is 14.1. The van der Waals surface area contributed by atoms with E-state index in [1.54, 1.807) is 12.1 Å². The molecule has 1 nitrogen and oxygen atoms in total. The molecule has 2 aromatic rings. The van der Waals surface area contributed by atoms with Crippen molar-refractivity contribution >= 4 is 5.69 Å². The third kappa shape index (κ3) is 3.85. The summed E-state index contributed by atoms with van der Waals surface area (Å²) < 4.78 is 28.2. The fraction of sp³-hybridized carbons (Fsp3) is 0.368. The van der Waals surface area contributed by atoms with Gasteiger partial charge in [-0.2, -0.15) is 0 Å². The molecule has 3 heteroatoms. The Morgan fingerprint density at radius 3 is 2.23 bits per heavy atom. The Hall–Kier alpha value is -1.90. The van der Waals surface area contributed by atoms with Gasteiger partial charge < -0.3 is 5.32 Å². The second kappa shape index (κ2) is 6.91. The molecule has 0 aliphatic carbocycles. The Bertz CT molecular complexity index is 603. The van der Waals surface area contributed by atoms with E-state index in [-0.39, 0.29) is 5.56 Å². The molecular formula is C19H23F2N. The molecule has 0 saturated carbocycles. The van der Waals surface area contributed by atoms with E-state index in [9.17, 15) is 8.78 Å². The lowest BCUT2D eigenvalue weighted by Gasteiger charge is -2.21. The highest BCUT2D eigenvalue weighted by Crippen LogP contribution is 2.36. The van der Waals surface area contributed by atoms with Gasteiger partial charge in [-0.15, -0.1) is 0 Å². The van der Waals surface area contributed by atoms with E-state index in [0.717, 1.165) is 17.7 Å². The van der Waals surface area contributed by atoms with E-state index < -0.39 is 11.8 Å². The van der Waals surface area contributed by atoms with Crippen LogP contribution in [0.1, 0.15) is 37.5 Å². The van der Waals surface area contributed by atoms with Gasteiger partial charge in [0.05, 0.1) is 0 Å². The first-order valence-electron chi connectivity index (χ1n) is 7.73. The topological polar surface area (TPSA) is 12.0 Å². The predicted octanol–water partition coefficient (Wildman–Crippen LogP) is 5.61. The first-order valence-corrected chi connectivity index (χ1v) is 7.73. The van der Waals surface area contributed by atoms with Crippen LogP contribution >= 0.6 is 0 Å². The molecular weight excluding hydrogens is 280 g/mol. The van der Waals surface area contributed by atoms with E-state index in [0.29, 0.717) is 6.54 Å². The number of rotatable bonds is 6. The van der Waals surface area contributed by atoms with Crippen molar-refractivity contribution in [3.8, 4) is 0 Å². The average Bonchev–Trinajstić information content (AvgIpc) is 2.53. The third-order valence-electron chi connectivity index (χ3n) is 3.90. The molecule has 0 aliphatic rings. The molecule has 0 aromatic heterocycles. The highest BCUT2D eigenvalue weighted by Gasteiger charge is 2.35. The largest absolute Gasteiger partial charge is 0.381 e. The summed E-state index contributed by atoms with van der Waals surface area (Å²) in [5, 5.41) is 3.22. The van der Waals surface area contributed by atoms with Gasteiger partial charge in [0, 0.05) is 23.7 Å². The summed E-state index contributed by atoms with van der Waals surface area (Å²) in [5.41, 5.74) is 3.21. The van der Waals surface area contributed by atoms with Gasteiger partial charge in [0.1, 0.15) is 0 Å². The first kappa shape index (κ1) is 16.5. The van der Waals surface area contributed by atoms with Crippen LogP contribution in [0.3, 0.4) is 0 Å². The summed E-state index contributed by atoms with van der Waals surface area (Å²) in [4.78, 5) is 0. The minimum absolute atomic E-state index is 0.0637. The number of aryl methyl sites for hydroxylation is 1. The van der Waals surface area contributed by atoms with E-state index in [1.165, 1.54) is 25.5 Å². The third-order valence-corrected chi connectivity index (χ3v) is 3.90. The normalized spacial score (nSPS) is 11.7. The Balaban J connectivity index is 2.07. The molecule has 1 N–H and O–H groups in total. The van der Waals surface area contributed by atoms with Crippen LogP contribution in [0.15, 0.2) is 48.5 Å². The molecule has 0 bridgehead atoms. The van der Waals surface area contributed by atoms with Crippen molar-refractivity contribution in [2.24, 2.45) is 5.92 Å². The Morgan fingerprint density at radius 2 is 1.64 bits per heavy atom. The van der Waals surface area contributed by atoms with Gasteiger partial charge in [-0.3, -0.25) is 0 Å². The Labute approximate surface area is 131 Å². The van der Waals surface area contributed by atoms with E-state index in [4.69, 9.17) is 0 Å². The molecule has 0 fully saturated rings. The predicted molar refractivity (Wildman–Crippen MR) is 88.3 cm³/mol. The number of hydrogen-bond acceptors (Lipinski definition) is 1. The van der Waals surface area contributed by atoms with Crippen LogP contribution in [-0.2, 0) is 18.9 Å². The fourth-order valence-corrected chi connectivity index (χ4v) is 2.27. The van der Waals surface area contributed by atoms with E-state index >= 15 is 0 Å². The molecule has 2 aromatic carbocycles. The van der Waals surface area contributed by atoms with Crippen molar-refractivity contribution < 1.29 is 8.78 Å². The molecule has 22 heavy (non-hydrogen) atoms. The minimum Gasteiger partial charge on any atom is -0.381 e. The zero-order valence-corrected chi connectivity index (χ0v) is 13.4. The van der Waals surface area contributed by atoms with Crippen LogP contribution < -0.4 is 5.32 Å². The van der Waals surface area contributed by atoms with Crippen molar-refractivity contribution in [2.75, 3.05) is 5.32 Å². The molecule has 0 atom stereocenters. The lowest BCUT2D eigenvalue weighted by atomic mass is 9.97. The standard InChI is InChI=1S/C19H23F2N/c1-4-15-8-10-16(11-9-15)13-22-18-7-5-6-17(12-18)19(20,21)14(2)3/h5-12,14,22H,4,13H2,1-3H3. The minimum atomic E-state index is -2.81. The number of halogens is 2. The molecule has 118 valence electrons. The number of nitrogens with one attached hydrogen (secondary N) is 1. The molecule has 0 aliphatic heterocycles. The van der Waals surface area contributed by atoms with Crippen molar-refractivity contribution in [1.29, 1.82) is 0 Å². The van der Waals surface area contributed by atoms with Crippen LogP contribution in [0.25, 0.3) is 0 Å². The smallest absolute Gasteiger partial charge is 0.275 e. The van der Waals surface area contributed by atoms with Crippen molar-refractivity contribution in [3.05, 3.63) is 65.2 Å². The SMILES string of the molecule is CCc1ccc(CNc2cccc(C(F)(F)C(C)C)c2)cc1. The van der Waals surface area contributed by atoms with Crippen LogP contribution in [0.4, 0.5) is 14.5 Å². The summed E-state index contributed by atoms with van der Waals surface area (Å²) in [6, 6.07) is 14.9. The molecule has 0 spiro atoms. The number of hydrogen-bond donors (Lipinski definition) is 1. The molecule has 0 saturated heterocycles. The molecule has 0 unspecified atom stereocenters. The summed E-state index contributed by atoms with van der Waals surface area (Å²) in [6.45, 7) is 5.82. The molecule has 0 amide bonds. The van der Waals surface area contributed by atoms with Gasteiger partial charge in [-0.25, -0.2) is 8.78 Å². The second-order valence-corrected chi connectivity index (χ2v) is 5.88. The van der Waals surface area contributed by atoms with Crippen LogP contribution in [0, 0.1) is 5.92 Å². The quantitative estimate of drug-likeness (QED) is 0.731. The Kier molecular flexibility index (Phi) is 5.17. The zero-order valence-electron chi connectivity index (χ0n) is 13.4. The van der Waals surface area contributed by atoms with E-state index in [2.05, 4.69) is 36.5 Å². The van der Waals surface area contributed by atoms with Crippen LogP contribution in [-0.4, -0.2) is 0 Å². The van der Waals surface area contributed by atoms with Crippen molar-refractivity contribution in [1.82, 2.24) is 0 Å². The second-order valence-electron chi connectivity index (χ2n) is 5.88. The van der Waals surface area contributed by atoms with Gasteiger partial charge in [-0.05, 0) is 29.7 Å². The highest BCUT2D eigenvalue weighted by molar-refractivity contribution is 5.47. The van der Waals surface area contributed by atoms with Crippen molar-refractivity contribution in [2.45, 2.75) is 39.7 Å². The maximum Gasteiger partial charge on any atom is 0.275 e. The average molecular weight is 303 g/mol. The number of alkyl halides is 2. The fourth-order valence-electron chi connectivity index (χ4n) is 2.27. The highest BCUT2D eigenvalue weighted by atomic mass is 19.3. The molecule has 0 radical (unpaired) electrons. The van der Waals surface area contributed by atoms with Gasteiger partial charge >= 0.3 is 0 Å². The Morgan fingerprint density at radius 1 is 1.00 bits per heavy atom. The van der Waals surface area contributed by atoms with Crippen LogP contribution in [0.2, 0.25) is 0 Å². The van der Waals surface area contributed by atoms with Gasteiger partial charge in [-0.1, -0.05) is 57.2 Å². The van der Waals surface area contributed by atoms with Crippen LogP contribution in [0.5, 0.6) is 0 Å². The first-order chi connectivity index (χ1) is 10.4. The van der Waals surface area contributed by atoms with Gasteiger partial charge in [0.15, 0.2) is 0 Å².